The maximum absolute atomic E-state index is 12.8. The van der Waals surface area contributed by atoms with Gasteiger partial charge in [0.1, 0.15) is 5.75 Å². The van der Waals surface area contributed by atoms with Gasteiger partial charge in [-0.25, -0.2) is 0 Å². The van der Waals surface area contributed by atoms with E-state index in [2.05, 4.69) is 15.4 Å². The van der Waals surface area contributed by atoms with E-state index in [-0.39, 0.29) is 24.1 Å². The summed E-state index contributed by atoms with van der Waals surface area (Å²) in [6.07, 6.45) is 0. The number of amides is 2. The Morgan fingerprint density at radius 3 is 2.48 bits per heavy atom. The summed E-state index contributed by atoms with van der Waals surface area (Å²) in [5.74, 6) is -0.581. The summed E-state index contributed by atoms with van der Waals surface area (Å²) < 4.78 is 29.2. The molecular formula is C25H25F2N3O3. The topological polar surface area (TPSA) is 70.7 Å². The maximum Gasteiger partial charge on any atom is 0.387 e. The van der Waals surface area contributed by atoms with Gasteiger partial charge in [-0.15, -0.1) is 0 Å². The minimum atomic E-state index is -2.90. The van der Waals surface area contributed by atoms with Crippen LogP contribution in [-0.2, 0) is 11.3 Å². The lowest BCUT2D eigenvalue weighted by molar-refractivity contribution is -0.117. The molecule has 33 heavy (non-hydrogen) atoms. The summed E-state index contributed by atoms with van der Waals surface area (Å²) in [6, 6.07) is 20.5. The number of halogens is 2. The molecule has 2 N–H and O–H groups in total. The molecule has 0 saturated heterocycles. The molecule has 0 bridgehead atoms. The van der Waals surface area contributed by atoms with Crippen LogP contribution >= 0.6 is 0 Å². The summed E-state index contributed by atoms with van der Waals surface area (Å²) >= 11 is 0. The average Bonchev–Trinajstić information content (AvgIpc) is 2.73. The molecule has 3 aromatic carbocycles. The van der Waals surface area contributed by atoms with Crippen LogP contribution in [0, 0.1) is 6.92 Å². The first kappa shape index (κ1) is 23.9. The van der Waals surface area contributed by atoms with Crippen molar-refractivity contribution >= 4 is 23.2 Å². The van der Waals surface area contributed by atoms with Gasteiger partial charge in [0.25, 0.3) is 5.91 Å². The molecule has 0 saturated carbocycles. The van der Waals surface area contributed by atoms with E-state index >= 15 is 0 Å². The molecule has 0 heterocycles. The van der Waals surface area contributed by atoms with E-state index in [1.54, 1.807) is 54.4 Å². The zero-order chi connectivity index (χ0) is 23.8. The fourth-order valence-corrected chi connectivity index (χ4v) is 3.33. The van der Waals surface area contributed by atoms with Crippen molar-refractivity contribution in [2.45, 2.75) is 20.1 Å². The number of para-hydroxylation sites is 1. The van der Waals surface area contributed by atoms with Crippen LogP contribution in [0.15, 0.2) is 72.8 Å². The maximum atomic E-state index is 12.8. The van der Waals surface area contributed by atoms with Crippen LogP contribution in [-0.4, -0.2) is 36.9 Å². The van der Waals surface area contributed by atoms with Crippen molar-refractivity contribution in [1.82, 2.24) is 4.90 Å². The van der Waals surface area contributed by atoms with Crippen LogP contribution in [0.5, 0.6) is 5.75 Å². The number of hydrogen-bond acceptors (Lipinski definition) is 4. The number of carbonyl (C=O) groups excluding carboxylic acids is 2. The SMILES string of the molecule is Cc1cccc(NC(=O)c2ccccc2NC(=O)CN(C)Cc2cccc(OC(F)F)c2)c1. The first-order chi connectivity index (χ1) is 15.8. The monoisotopic (exact) mass is 453 g/mol. The lowest BCUT2D eigenvalue weighted by Crippen LogP contribution is -2.30. The van der Waals surface area contributed by atoms with Crippen molar-refractivity contribution in [1.29, 1.82) is 0 Å². The van der Waals surface area contributed by atoms with Crippen molar-refractivity contribution in [2.24, 2.45) is 0 Å². The highest BCUT2D eigenvalue weighted by Crippen LogP contribution is 2.19. The van der Waals surface area contributed by atoms with Gasteiger partial charge in [-0.1, -0.05) is 36.4 Å². The molecule has 0 aliphatic heterocycles. The van der Waals surface area contributed by atoms with E-state index in [1.165, 1.54) is 12.1 Å². The second kappa shape index (κ2) is 11.2. The van der Waals surface area contributed by atoms with E-state index in [0.717, 1.165) is 11.1 Å². The number of rotatable bonds is 9. The molecule has 0 aromatic heterocycles. The van der Waals surface area contributed by atoms with Crippen molar-refractivity contribution in [2.75, 3.05) is 24.2 Å². The molecule has 0 aliphatic rings. The van der Waals surface area contributed by atoms with Gasteiger partial charge in [-0.2, -0.15) is 8.78 Å². The Labute approximate surface area is 191 Å². The smallest absolute Gasteiger partial charge is 0.387 e. The van der Waals surface area contributed by atoms with E-state index in [0.29, 0.717) is 23.5 Å². The number of carbonyl (C=O) groups is 2. The van der Waals surface area contributed by atoms with Crippen molar-refractivity contribution in [3.63, 3.8) is 0 Å². The number of alkyl halides is 2. The number of benzene rings is 3. The van der Waals surface area contributed by atoms with E-state index in [1.807, 2.05) is 25.1 Å². The molecule has 0 fully saturated rings. The molecule has 0 unspecified atom stereocenters. The molecule has 172 valence electrons. The van der Waals surface area contributed by atoms with Crippen molar-refractivity contribution in [3.05, 3.63) is 89.5 Å². The first-order valence-electron chi connectivity index (χ1n) is 10.3. The van der Waals surface area contributed by atoms with Crippen molar-refractivity contribution in [3.8, 4) is 5.75 Å². The second-order valence-corrected chi connectivity index (χ2v) is 7.62. The number of nitrogens with one attached hydrogen (secondary N) is 2. The van der Waals surface area contributed by atoms with Gasteiger partial charge < -0.3 is 15.4 Å². The van der Waals surface area contributed by atoms with Gasteiger partial charge in [0.2, 0.25) is 5.91 Å². The van der Waals surface area contributed by atoms with Crippen LogP contribution in [0.1, 0.15) is 21.5 Å². The molecule has 0 atom stereocenters. The average molecular weight is 453 g/mol. The Morgan fingerprint density at radius 1 is 0.970 bits per heavy atom. The first-order valence-corrected chi connectivity index (χ1v) is 10.3. The number of anilines is 2. The third-order valence-corrected chi connectivity index (χ3v) is 4.71. The molecule has 6 nitrogen and oxygen atoms in total. The van der Waals surface area contributed by atoms with Crippen LogP contribution in [0.2, 0.25) is 0 Å². The normalized spacial score (nSPS) is 10.8. The molecule has 8 heteroatoms. The minimum absolute atomic E-state index is 0.0355. The predicted molar refractivity (Wildman–Crippen MR) is 124 cm³/mol. The van der Waals surface area contributed by atoms with Gasteiger partial charge in [0.05, 0.1) is 17.8 Å². The van der Waals surface area contributed by atoms with E-state index in [4.69, 9.17) is 0 Å². The third kappa shape index (κ3) is 7.40. The minimum Gasteiger partial charge on any atom is -0.435 e. The van der Waals surface area contributed by atoms with Gasteiger partial charge >= 0.3 is 6.61 Å². The highest BCUT2D eigenvalue weighted by Gasteiger charge is 2.15. The fourth-order valence-electron chi connectivity index (χ4n) is 3.33. The van der Waals surface area contributed by atoms with E-state index in [9.17, 15) is 18.4 Å². The number of ether oxygens (including phenoxy) is 1. The summed E-state index contributed by atoms with van der Waals surface area (Å²) in [5, 5.41) is 5.62. The Bertz CT molecular complexity index is 1120. The van der Waals surface area contributed by atoms with Gasteiger partial charge in [-0.3, -0.25) is 14.5 Å². The van der Waals surface area contributed by atoms with Crippen molar-refractivity contribution < 1.29 is 23.1 Å². The number of likely N-dealkylation sites (N-methyl/N-ethyl adjacent to an activating group) is 1. The van der Waals surface area contributed by atoms with Crippen LogP contribution in [0.4, 0.5) is 20.2 Å². The zero-order valence-electron chi connectivity index (χ0n) is 18.3. The predicted octanol–water partition coefficient (Wildman–Crippen LogP) is 4.92. The molecule has 0 aliphatic carbocycles. The fraction of sp³-hybridized carbons (Fsp3) is 0.200. The van der Waals surface area contributed by atoms with Crippen LogP contribution in [0.25, 0.3) is 0 Å². The van der Waals surface area contributed by atoms with E-state index < -0.39 is 6.61 Å². The number of aryl methyl sites for hydroxylation is 1. The summed E-state index contributed by atoms with van der Waals surface area (Å²) in [5.41, 5.74) is 3.14. The summed E-state index contributed by atoms with van der Waals surface area (Å²) in [4.78, 5) is 27.1. The van der Waals surface area contributed by atoms with Crippen LogP contribution in [0.3, 0.4) is 0 Å². The Morgan fingerprint density at radius 2 is 1.73 bits per heavy atom. The number of nitrogens with zero attached hydrogens (tertiary/aromatic N) is 1. The van der Waals surface area contributed by atoms with Gasteiger partial charge in [0.15, 0.2) is 0 Å². The third-order valence-electron chi connectivity index (χ3n) is 4.71. The van der Waals surface area contributed by atoms with Gasteiger partial charge in [-0.05, 0) is 61.5 Å². The van der Waals surface area contributed by atoms with Crippen LogP contribution < -0.4 is 15.4 Å². The molecule has 2 amide bonds. The lowest BCUT2D eigenvalue weighted by atomic mass is 10.1. The molecule has 0 spiro atoms. The number of hydrogen-bond donors (Lipinski definition) is 2. The zero-order valence-corrected chi connectivity index (χ0v) is 18.3. The molecule has 0 radical (unpaired) electrons. The van der Waals surface area contributed by atoms with Gasteiger partial charge in [0, 0.05) is 12.2 Å². The quantitative estimate of drug-likeness (QED) is 0.483. The Kier molecular flexibility index (Phi) is 8.10. The highest BCUT2D eigenvalue weighted by atomic mass is 19.3. The largest absolute Gasteiger partial charge is 0.435 e. The Hall–Kier alpha value is -3.78. The molecule has 3 aromatic rings. The Balaban J connectivity index is 1.61. The summed E-state index contributed by atoms with van der Waals surface area (Å²) in [6.45, 7) is -0.577. The lowest BCUT2D eigenvalue weighted by Gasteiger charge is -2.18. The highest BCUT2D eigenvalue weighted by molar-refractivity contribution is 6.10. The second-order valence-electron chi connectivity index (χ2n) is 7.62. The molecule has 3 rings (SSSR count). The summed E-state index contributed by atoms with van der Waals surface area (Å²) in [7, 11) is 1.73. The standard InChI is InChI=1S/C25H25F2N3O3/c1-17-7-5-9-19(13-17)28-24(32)21-11-3-4-12-22(21)29-23(31)16-30(2)15-18-8-6-10-20(14-18)33-25(26)27/h3-14,25H,15-16H2,1-2H3,(H,28,32)(H,29,31). The molecular weight excluding hydrogens is 428 g/mol.